The Labute approximate surface area is 141 Å². The minimum Gasteiger partial charge on any atom is -0.346 e. The lowest BCUT2D eigenvalue weighted by atomic mass is 10.0. The molecule has 0 aliphatic carbocycles. The summed E-state index contributed by atoms with van der Waals surface area (Å²) in [6.45, 7) is 8.24. The quantitative estimate of drug-likeness (QED) is 0.444. The van der Waals surface area contributed by atoms with Crippen LogP contribution in [0, 0.1) is 25.2 Å². The zero-order valence-corrected chi connectivity index (χ0v) is 14.5. The molecule has 118 valence electrons. The molecule has 4 heteroatoms. The first-order chi connectivity index (χ1) is 10.8. The molecule has 0 saturated heterocycles. The smallest absolute Gasteiger partial charge is 0.203 e. The van der Waals surface area contributed by atoms with E-state index in [-0.39, 0.29) is 11.4 Å². The van der Waals surface area contributed by atoms with Crippen LogP contribution in [0.1, 0.15) is 47.2 Å². The van der Waals surface area contributed by atoms with E-state index >= 15 is 0 Å². The molecule has 0 radical (unpaired) electrons. The van der Waals surface area contributed by atoms with Crippen molar-refractivity contribution in [3.05, 3.63) is 63.4 Å². The van der Waals surface area contributed by atoms with Crippen molar-refractivity contribution in [1.29, 1.82) is 5.26 Å². The number of ketones is 1. The van der Waals surface area contributed by atoms with Crippen LogP contribution in [-0.2, 0) is 0 Å². The van der Waals surface area contributed by atoms with E-state index in [1.807, 2.05) is 26.0 Å². The van der Waals surface area contributed by atoms with Gasteiger partial charge in [-0.05, 0) is 69.7 Å². The summed E-state index contributed by atoms with van der Waals surface area (Å²) < 4.78 is 2.19. The molecule has 2 rings (SSSR count). The number of nitriles is 1. The van der Waals surface area contributed by atoms with Crippen LogP contribution in [-0.4, -0.2) is 10.4 Å². The van der Waals surface area contributed by atoms with Gasteiger partial charge in [0, 0.05) is 28.0 Å². The summed E-state index contributed by atoms with van der Waals surface area (Å²) in [7, 11) is 0. The molecule has 0 bridgehead atoms. The van der Waals surface area contributed by atoms with Gasteiger partial charge in [0.15, 0.2) is 0 Å². The molecule has 0 spiro atoms. The third-order valence-electron chi connectivity index (χ3n) is 3.81. The fourth-order valence-corrected chi connectivity index (χ4v) is 2.93. The Bertz CT molecular complexity index is 805. The van der Waals surface area contributed by atoms with Crippen LogP contribution in [0.5, 0.6) is 0 Å². The lowest BCUT2D eigenvalue weighted by Crippen LogP contribution is -2.05. The van der Waals surface area contributed by atoms with Gasteiger partial charge in [-0.15, -0.1) is 0 Å². The van der Waals surface area contributed by atoms with Crippen LogP contribution in [0.3, 0.4) is 0 Å². The van der Waals surface area contributed by atoms with Crippen molar-refractivity contribution in [3.63, 3.8) is 0 Å². The first-order valence-electron chi connectivity index (χ1n) is 7.45. The number of allylic oxidation sites excluding steroid dienone is 1. The van der Waals surface area contributed by atoms with Crippen molar-refractivity contribution in [2.24, 2.45) is 0 Å². The number of benzene rings is 1. The monoisotopic (exact) mass is 326 g/mol. The largest absolute Gasteiger partial charge is 0.346 e. The van der Waals surface area contributed by atoms with Crippen LogP contribution in [0.15, 0.2) is 35.9 Å². The number of hydrogen-bond acceptors (Lipinski definition) is 2. The summed E-state index contributed by atoms with van der Waals surface area (Å²) in [5.74, 6) is -0.293. The average molecular weight is 327 g/mol. The van der Waals surface area contributed by atoms with E-state index in [1.54, 1.807) is 30.3 Å². The summed E-state index contributed by atoms with van der Waals surface area (Å²) >= 11 is 5.84. The molecular weight excluding hydrogens is 308 g/mol. The maximum Gasteiger partial charge on any atom is 0.203 e. The fourth-order valence-electron chi connectivity index (χ4n) is 2.80. The van der Waals surface area contributed by atoms with Gasteiger partial charge in [0.2, 0.25) is 5.78 Å². The average Bonchev–Trinajstić information content (AvgIpc) is 2.79. The van der Waals surface area contributed by atoms with Crippen molar-refractivity contribution in [2.75, 3.05) is 0 Å². The third-order valence-corrected chi connectivity index (χ3v) is 4.06. The Hall–Kier alpha value is -2.31. The number of aryl methyl sites for hydroxylation is 1. The maximum atomic E-state index is 12.5. The van der Waals surface area contributed by atoms with Gasteiger partial charge in [0.05, 0.1) is 0 Å². The predicted molar refractivity (Wildman–Crippen MR) is 93.7 cm³/mol. The summed E-state index contributed by atoms with van der Waals surface area (Å²) in [5.41, 5.74) is 3.64. The van der Waals surface area contributed by atoms with Crippen LogP contribution < -0.4 is 0 Å². The lowest BCUT2D eigenvalue weighted by molar-refractivity contribution is 0.104. The van der Waals surface area contributed by atoms with Gasteiger partial charge in [0.1, 0.15) is 11.6 Å². The molecule has 3 nitrogen and oxygen atoms in total. The van der Waals surface area contributed by atoms with E-state index in [4.69, 9.17) is 11.6 Å². The molecule has 1 heterocycles. The zero-order valence-electron chi connectivity index (χ0n) is 13.7. The Balaban J connectivity index is 2.44. The number of halogens is 1. The number of Topliss-reactive ketones (excluding diaryl/α,β-unsaturated/α-hetero) is 1. The summed E-state index contributed by atoms with van der Waals surface area (Å²) in [4.78, 5) is 12.5. The summed E-state index contributed by atoms with van der Waals surface area (Å²) in [6, 6.07) is 10.9. The standard InChI is InChI=1S/C19H19ClN2O/c1-12(2)22-13(3)9-16(14(22)4)10-17(11-21)19(23)15-5-7-18(20)8-6-15/h5-10,12H,1-4H3/b17-10+. The molecule has 0 aliphatic heterocycles. The minimum atomic E-state index is -0.293. The van der Waals surface area contributed by atoms with Gasteiger partial charge < -0.3 is 4.57 Å². The molecule has 0 atom stereocenters. The van der Waals surface area contributed by atoms with E-state index in [2.05, 4.69) is 18.4 Å². The van der Waals surface area contributed by atoms with Crippen molar-refractivity contribution >= 4 is 23.5 Å². The highest BCUT2D eigenvalue weighted by molar-refractivity contribution is 6.30. The van der Waals surface area contributed by atoms with Gasteiger partial charge in [0.25, 0.3) is 0 Å². The van der Waals surface area contributed by atoms with Crippen molar-refractivity contribution < 1.29 is 4.79 Å². The molecular formula is C19H19ClN2O. The molecule has 1 aromatic heterocycles. The highest BCUT2D eigenvalue weighted by Crippen LogP contribution is 2.23. The predicted octanol–water partition coefficient (Wildman–Crippen LogP) is 5.13. The van der Waals surface area contributed by atoms with E-state index < -0.39 is 0 Å². The van der Waals surface area contributed by atoms with Gasteiger partial charge >= 0.3 is 0 Å². The number of nitrogens with zero attached hydrogens (tertiary/aromatic N) is 2. The van der Waals surface area contributed by atoms with Gasteiger partial charge in [-0.25, -0.2) is 0 Å². The Morgan fingerprint density at radius 3 is 2.35 bits per heavy atom. The fraction of sp³-hybridized carbons (Fsp3) is 0.263. The second kappa shape index (κ2) is 6.85. The van der Waals surface area contributed by atoms with Gasteiger partial charge in [-0.3, -0.25) is 4.79 Å². The number of carbonyl (C=O) groups is 1. The normalized spacial score (nSPS) is 11.6. The van der Waals surface area contributed by atoms with Crippen molar-refractivity contribution in [2.45, 2.75) is 33.7 Å². The van der Waals surface area contributed by atoms with Gasteiger partial charge in [-0.2, -0.15) is 5.26 Å². The van der Waals surface area contributed by atoms with Crippen LogP contribution in [0.25, 0.3) is 6.08 Å². The van der Waals surface area contributed by atoms with Crippen molar-refractivity contribution in [1.82, 2.24) is 4.57 Å². The SMILES string of the molecule is Cc1cc(/C=C(\C#N)C(=O)c2ccc(Cl)cc2)c(C)n1C(C)C. The number of carbonyl (C=O) groups excluding carboxylic acids is 1. The molecule has 0 unspecified atom stereocenters. The van der Waals surface area contributed by atoms with E-state index in [0.717, 1.165) is 17.0 Å². The molecule has 1 aromatic carbocycles. The maximum absolute atomic E-state index is 12.5. The molecule has 23 heavy (non-hydrogen) atoms. The zero-order chi connectivity index (χ0) is 17.1. The Morgan fingerprint density at radius 2 is 1.87 bits per heavy atom. The minimum absolute atomic E-state index is 0.122. The van der Waals surface area contributed by atoms with Crippen molar-refractivity contribution in [3.8, 4) is 6.07 Å². The third kappa shape index (κ3) is 3.55. The second-order valence-electron chi connectivity index (χ2n) is 5.80. The molecule has 0 aliphatic rings. The first kappa shape index (κ1) is 17.1. The Kier molecular flexibility index (Phi) is 5.08. The lowest BCUT2D eigenvalue weighted by Gasteiger charge is -2.13. The molecule has 0 N–H and O–H groups in total. The van der Waals surface area contributed by atoms with Crippen LogP contribution in [0.4, 0.5) is 0 Å². The van der Waals surface area contributed by atoms with Crippen LogP contribution in [0.2, 0.25) is 5.02 Å². The van der Waals surface area contributed by atoms with E-state index in [1.165, 1.54) is 0 Å². The van der Waals surface area contributed by atoms with E-state index in [9.17, 15) is 10.1 Å². The molecule has 0 fully saturated rings. The number of rotatable bonds is 4. The number of hydrogen-bond donors (Lipinski definition) is 0. The summed E-state index contributed by atoms with van der Waals surface area (Å²) in [6.07, 6.45) is 1.66. The summed E-state index contributed by atoms with van der Waals surface area (Å²) in [5, 5.41) is 9.94. The first-order valence-corrected chi connectivity index (χ1v) is 7.83. The van der Waals surface area contributed by atoms with Gasteiger partial charge in [-0.1, -0.05) is 11.6 Å². The topological polar surface area (TPSA) is 45.8 Å². The Morgan fingerprint density at radius 1 is 1.26 bits per heavy atom. The highest BCUT2D eigenvalue weighted by Gasteiger charge is 2.15. The second-order valence-corrected chi connectivity index (χ2v) is 6.23. The van der Waals surface area contributed by atoms with E-state index in [0.29, 0.717) is 16.6 Å². The molecule has 2 aromatic rings. The molecule has 0 saturated carbocycles. The highest BCUT2D eigenvalue weighted by atomic mass is 35.5. The molecule has 0 amide bonds. The number of aromatic nitrogens is 1. The van der Waals surface area contributed by atoms with Crippen LogP contribution >= 0.6 is 11.6 Å².